The molecule has 120 valence electrons. The standard InChI is InChI=1S/C17H25N3O2/c1-13-8-10-20(11-9-13)15-6-4-14(5-7-15)18-17(21)19-16-3-2-12-22-16/h4-7,13,16H,2-3,8-12H2,1H3,(H2,18,19,21). The highest BCUT2D eigenvalue weighted by Gasteiger charge is 2.18. The Labute approximate surface area is 132 Å². The molecule has 2 amide bonds. The number of amides is 2. The third-order valence-corrected chi connectivity index (χ3v) is 4.50. The summed E-state index contributed by atoms with van der Waals surface area (Å²) in [5.41, 5.74) is 2.04. The quantitative estimate of drug-likeness (QED) is 0.901. The molecular formula is C17H25N3O2. The van der Waals surface area contributed by atoms with Crippen molar-refractivity contribution in [3.63, 3.8) is 0 Å². The van der Waals surface area contributed by atoms with Crippen molar-refractivity contribution >= 4 is 17.4 Å². The zero-order valence-corrected chi connectivity index (χ0v) is 13.2. The second kappa shape index (κ2) is 7.01. The summed E-state index contributed by atoms with van der Waals surface area (Å²) in [7, 11) is 0. The first kappa shape index (κ1) is 15.2. The molecule has 2 fully saturated rings. The van der Waals surface area contributed by atoms with E-state index < -0.39 is 0 Å². The number of ether oxygens (including phenoxy) is 1. The lowest BCUT2D eigenvalue weighted by atomic mass is 9.99. The number of urea groups is 1. The molecule has 0 saturated carbocycles. The first-order valence-corrected chi connectivity index (χ1v) is 8.25. The first-order chi connectivity index (χ1) is 10.7. The van der Waals surface area contributed by atoms with E-state index in [1.165, 1.54) is 18.5 Å². The molecule has 0 bridgehead atoms. The Morgan fingerprint density at radius 1 is 1.18 bits per heavy atom. The monoisotopic (exact) mass is 303 g/mol. The number of piperidine rings is 1. The molecule has 5 heteroatoms. The van der Waals surface area contributed by atoms with Gasteiger partial charge in [0, 0.05) is 31.1 Å². The Bertz CT molecular complexity index is 489. The van der Waals surface area contributed by atoms with Crippen molar-refractivity contribution in [3.05, 3.63) is 24.3 Å². The molecule has 0 aromatic heterocycles. The van der Waals surface area contributed by atoms with Gasteiger partial charge in [-0.1, -0.05) is 6.92 Å². The van der Waals surface area contributed by atoms with Crippen LogP contribution in [-0.4, -0.2) is 32.0 Å². The number of rotatable bonds is 3. The lowest BCUT2D eigenvalue weighted by Gasteiger charge is -2.32. The van der Waals surface area contributed by atoms with Gasteiger partial charge in [0.25, 0.3) is 0 Å². The summed E-state index contributed by atoms with van der Waals surface area (Å²) in [4.78, 5) is 14.3. The summed E-state index contributed by atoms with van der Waals surface area (Å²) in [5, 5.41) is 5.68. The minimum atomic E-state index is -0.202. The van der Waals surface area contributed by atoms with E-state index in [4.69, 9.17) is 4.74 Å². The molecule has 1 aromatic rings. The minimum Gasteiger partial charge on any atom is -0.372 e. The smallest absolute Gasteiger partial charge is 0.321 e. The van der Waals surface area contributed by atoms with Crippen molar-refractivity contribution in [3.8, 4) is 0 Å². The zero-order chi connectivity index (χ0) is 15.4. The highest BCUT2D eigenvalue weighted by Crippen LogP contribution is 2.24. The maximum absolute atomic E-state index is 11.9. The van der Waals surface area contributed by atoms with Gasteiger partial charge in [-0.15, -0.1) is 0 Å². The van der Waals surface area contributed by atoms with Crippen molar-refractivity contribution in [2.45, 2.75) is 38.8 Å². The molecule has 2 saturated heterocycles. The molecule has 1 unspecified atom stereocenters. The van der Waals surface area contributed by atoms with Gasteiger partial charge in [0.05, 0.1) is 0 Å². The molecule has 2 aliphatic rings. The highest BCUT2D eigenvalue weighted by molar-refractivity contribution is 5.89. The molecule has 22 heavy (non-hydrogen) atoms. The molecule has 0 radical (unpaired) electrons. The van der Waals surface area contributed by atoms with Crippen molar-refractivity contribution in [2.75, 3.05) is 29.9 Å². The van der Waals surface area contributed by atoms with E-state index in [0.29, 0.717) is 0 Å². The van der Waals surface area contributed by atoms with Crippen LogP contribution in [0.3, 0.4) is 0 Å². The molecule has 2 N–H and O–H groups in total. The Kier molecular flexibility index (Phi) is 4.83. The number of benzene rings is 1. The predicted octanol–water partition coefficient (Wildman–Crippen LogP) is 3.18. The van der Waals surface area contributed by atoms with Crippen molar-refractivity contribution in [1.82, 2.24) is 5.32 Å². The second-order valence-corrected chi connectivity index (χ2v) is 6.32. The van der Waals surface area contributed by atoms with E-state index >= 15 is 0 Å². The van der Waals surface area contributed by atoms with Gasteiger partial charge >= 0.3 is 6.03 Å². The lowest BCUT2D eigenvalue weighted by molar-refractivity contribution is 0.0928. The van der Waals surface area contributed by atoms with E-state index in [-0.39, 0.29) is 12.3 Å². The van der Waals surface area contributed by atoms with Crippen LogP contribution in [0.1, 0.15) is 32.6 Å². The van der Waals surface area contributed by atoms with Crippen molar-refractivity contribution in [2.24, 2.45) is 5.92 Å². The summed E-state index contributed by atoms with van der Waals surface area (Å²) in [5.74, 6) is 0.832. The molecule has 5 nitrogen and oxygen atoms in total. The molecule has 3 rings (SSSR count). The summed E-state index contributed by atoms with van der Waals surface area (Å²) < 4.78 is 5.39. The Balaban J connectivity index is 1.51. The number of hydrogen-bond donors (Lipinski definition) is 2. The minimum absolute atomic E-state index is 0.144. The maximum Gasteiger partial charge on any atom is 0.321 e. The third kappa shape index (κ3) is 3.91. The average molecular weight is 303 g/mol. The van der Waals surface area contributed by atoms with Crippen LogP contribution in [0.25, 0.3) is 0 Å². The van der Waals surface area contributed by atoms with Crippen LogP contribution in [0.2, 0.25) is 0 Å². The molecule has 0 aliphatic carbocycles. The molecular weight excluding hydrogens is 278 g/mol. The van der Waals surface area contributed by atoms with Crippen LogP contribution in [-0.2, 0) is 4.74 Å². The van der Waals surface area contributed by atoms with Crippen LogP contribution in [0.15, 0.2) is 24.3 Å². The fourth-order valence-electron chi connectivity index (χ4n) is 3.03. The topological polar surface area (TPSA) is 53.6 Å². The van der Waals surface area contributed by atoms with Gasteiger partial charge in [-0.05, 0) is 55.9 Å². The lowest BCUT2D eigenvalue weighted by Crippen LogP contribution is -2.37. The summed E-state index contributed by atoms with van der Waals surface area (Å²) >= 11 is 0. The summed E-state index contributed by atoms with van der Waals surface area (Å²) in [6.45, 7) is 5.28. The normalized spacial score (nSPS) is 22.6. The van der Waals surface area contributed by atoms with Crippen molar-refractivity contribution in [1.29, 1.82) is 0 Å². The third-order valence-electron chi connectivity index (χ3n) is 4.50. The first-order valence-electron chi connectivity index (χ1n) is 8.25. The largest absolute Gasteiger partial charge is 0.372 e. The molecule has 2 heterocycles. The predicted molar refractivity (Wildman–Crippen MR) is 88.2 cm³/mol. The Morgan fingerprint density at radius 3 is 2.55 bits per heavy atom. The SMILES string of the molecule is CC1CCN(c2ccc(NC(=O)NC3CCCO3)cc2)CC1. The molecule has 2 aliphatic heterocycles. The summed E-state index contributed by atoms with van der Waals surface area (Å²) in [6, 6.07) is 7.88. The van der Waals surface area contributed by atoms with E-state index in [0.717, 1.165) is 44.1 Å². The fourth-order valence-corrected chi connectivity index (χ4v) is 3.03. The molecule has 1 atom stereocenters. The van der Waals surface area contributed by atoms with E-state index in [1.54, 1.807) is 0 Å². The van der Waals surface area contributed by atoms with Gasteiger partial charge in [-0.3, -0.25) is 0 Å². The van der Waals surface area contributed by atoms with Gasteiger partial charge < -0.3 is 20.3 Å². The van der Waals surface area contributed by atoms with Gasteiger partial charge in [-0.2, -0.15) is 0 Å². The van der Waals surface area contributed by atoms with Crippen LogP contribution in [0.5, 0.6) is 0 Å². The van der Waals surface area contributed by atoms with Gasteiger partial charge in [0.2, 0.25) is 0 Å². The Morgan fingerprint density at radius 2 is 1.91 bits per heavy atom. The number of nitrogens with one attached hydrogen (secondary N) is 2. The zero-order valence-electron chi connectivity index (χ0n) is 13.2. The van der Waals surface area contributed by atoms with Crippen LogP contribution >= 0.6 is 0 Å². The number of nitrogens with zero attached hydrogens (tertiary/aromatic N) is 1. The molecule has 1 aromatic carbocycles. The Hall–Kier alpha value is -1.75. The van der Waals surface area contributed by atoms with E-state index in [9.17, 15) is 4.79 Å². The van der Waals surface area contributed by atoms with Gasteiger partial charge in [-0.25, -0.2) is 4.79 Å². The van der Waals surface area contributed by atoms with Crippen molar-refractivity contribution < 1.29 is 9.53 Å². The number of carbonyl (C=O) groups excluding carboxylic acids is 1. The second-order valence-electron chi connectivity index (χ2n) is 6.32. The average Bonchev–Trinajstić information content (AvgIpc) is 3.02. The number of anilines is 2. The van der Waals surface area contributed by atoms with E-state index in [1.807, 2.05) is 12.1 Å². The fraction of sp³-hybridized carbons (Fsp3) is 0.588. The number of carbonyl (C=O) groups is 1. The highest BCUT2D eigenvalue weighted by atomic mass is 16.5. The summed E-state index contributed by atoms with van der Waals surface area (Å²) in [6.07, 6.45) is 4.26. The van der Waals surface area contributed by atoms with Crippen LogP contribution in [0, 0.1) is 5.92 Å². The van der Waals surface area contributed by atoms with Gasteiger partial charge in [0.15, 0.2) is 0 Å². The maximum atomic E-state index is 11.9. The van der Waals surface area contributed by atoms with E-state index in [2.05, 4.69) is 34.6 Å². The van der Waals surface area contributed by atoms with Gasteiger partial charge in [0.1, 0.15) is 6.23 Å². The number of hydrogen-bond acceptors (Lipinski definition) is 3. The van der Waals surface area contributed by atoms with Crippen LogP contribution in [0.4, 0.5) is 16.2 Å². The molecule has 0 spiro atoms. The van der Waals surface area contributed by atoms with Crippen LogP contribution < -0.4 is 15.5 Å².